The standard InChI is InChI=1S/C12H11FN2O4/c13-8-1-3-9(4-2-8)15-6-7(5-14-15)10(16)11(17)12(18)19/h1-6,10-11,16-17H,(H,18,19). The number of rotatable bonds is 4. The van der Waals surface area contributed by atoms with Gasteiger partial charge in [-0.05, 0) is 24.3 Å². The van der Waals surface area contributed by atoms with Gasteiger partial charge in [0.1, 0.15) is 11.9 Å². The van der Waals surface area contributed by atoms with E-state index >= 15 is 0 Å². The molecule has 1 aromatic carbocycles. The molecule has 0 aliphatic rings. The minimum atomic E-state index is -1.93. The number of aliphatic hydroxyl groups is 2. The van der Waals surface area contributed by atoms with E-state index in [2.05, 4.69) is 5.10 Å². The van der Waals surface area contributed by atoms with Gasteiger partial charge in [-0.15, -0.1) is 0 Å². The molecular formula is C12H11FN2O4. The zero-order chi connectivity index (χ0) is 14.0. The van der Waals surface area contributed by atoms with Gasteiger partial charge in [-0.3, -0.25) is 0 Å². The highest BCUT2D eigenvalue weighted by Crippen LogP contribution is 2.18. The van der Waals surface area contributed by atoms with Crippen LogP contribution in [-0.4, -0.2) is 37.2 Å². The summed E-state index contributed by atoms with van der Waals surface area (Å²) in [4.78, 5) is 10.5. The maximum absolute atomic E-state index is 12.8. The van der Waals surface area contributed by atoms with Crippen LogP contribution in [0.3, 0.4) is 0 Å². The average Bonchev–Trinajstić information content (AvgIpc) is 2.87. The van der Waals surface area contributed by atoms with E-state index in [9.17, 15) is 19.4 Å². The van der Waals surface area contributed by atoms with E-state index in [-0.39, 0.29) is 5.56 Å². The van der Waals surface area contributed by atoms with Gasteiger partial charge in [0, 0.05) is 11.8 Å². The van der Waals surface area contributed by atoms with Gasteiger partial charge in [0.2, 0.25) is 0 Å². The molecule has 0 aliphatic carbocycles. The second kappa shape index (κ2) is 5.17. The summed E-state index contributed by atoms with van der Waals surface area (Å²) in [5, 5.41) is 31.3. The van der Waals surface area contributed by atoms with Crippen molar-refractivity contribution in [3.05, 3.63) is 48.0 Å². The highest BCUT2D eigenvalue weighted by molar-refractivity contribution is 5.73. The molecule has 1 aromatic heterocycles. The monoisotopic (exact) mass is 266 g/mol. The molecular weight excluding hydrogens is 255 g/mol. The molecule has 0 bridgehead atoms. The van der Waals surface area contributed by atoms with Gasteiger partial charge >= 0.3 is 5.97 Å². The van der Waals surface area contributed by atoms with Crippen molar-refractivity contribution >= 4 is 5.97 Å². The molecule has 6 nitrogen and oxygen atoms in total. The zero-order valence-electron chi connectivity index (χ0n) is 9.64. The van der Waals surface area contributed by atoms with Gasteiger partial charge in [-0.1, -0.05) is 0 Å². The Morgan fingerprint density at radius 2 is 1.89 bits per heavy atom. The van der Waals surface area contributed by atoms with Crippen molar-refractivity contribution in [2.75, 3.05) is 0 Å². The lowest BCUT2D eigenvalue weighted by atomic mass is 10.1. The number of benzene rings is 1. The summed E-state index contributed by atoms with van der Waals surface area (Å²) in [6.07, 6.45) is -0.901. The number of aromatic nitrogens is 2. The van der Waals surface area contributed by atoms with Crippen LogP contribution < -0.4 is 0 Å². The Kier molecular flexibility index (Phi) is 3.59. The molecule has 0 saturated heterocycles. The number of nitrogens with zero attached hydrogens (tertiary/aromatic N) is 2. The number of aliphatic hydroxyl groups excluding tert-OH is 2. The molecule has 0 aliphatic heterocycles. The molecule has 0 saturated carbocycles. The second-order valence-electron chi connectivity index (χ2n) is 3.92. The molecule has 2 unspecified atom stereocenters. The summed E-state index contributed by atoms with van der Waals surface area (Å²) in [6.45, 7) is 0. The third kappa shape index (κ3) is 2.78. The fourth-order valence-corrected chi connectivity index (χ4v) is 1.54. The van der Waals surface area contributed by atoms with E-state index in [1.165, 1.54) is 41.3 Å². The van der Waals surface area contributed by atoms with E-state index in [1.807, 2.05) is 0 Å². The van der Waals surface area contributed by atoms with Crippen LogP contribution in [-0.2, 0) is 4.79 Å². The summed E-state index contributed by atoms with van der Waals surface area (Å²) in [5.74, 6) is -1.92. The topological polar surface area (TPSA) is 95.6 Å². The van der Waals surface area contributed by atoms with Crippen molar-refractivity contribution in [1.29, 1.82) is 0 Å². The Hall–Kier alpha value is -2.25. The van der Waals surface area contributed by atoms with Crippen LogP contribution in [0.2, 0.25) is 0 Å². The molecule has 19 heavy (non-hydrogen) atoms. The largest absolute Gasteiger partial charge is 0.479 e. The van der Waals surface area contributed by atoms with E-state index in [0.29, 0.717) is 5.69 Å². The van der Waals surface area contributed by atoms with Crippen molar-refractivity contribution in [2.45, 2.75) is 12.2 Å². The van der Waals surface area contributed by atoms with Gasteiger partial charge < -0.3 is 15.3 Å². The first-order valence-corrected chi connectivity index (χ1v) is 5.38. The number of hydrogen-bond donors (Lipinski definition) is 3. The van der Waals surface area contributed by atoms with Crippen molar-refractivity contribution < 1.29 is 24.5 Å². The van der Waals surface area contributed by atoms with Crippen LogP contribution in [0, 0.1) is 5.82 Å². The van der Waals surface area contributed by atoms with E-state index in [1.54, 1.807) is 0 Å². The lowest BCUT2D eigenvalue weighted by Crippen LogP contribution is -2.27. The second-order valence-corrected chi connectivity index (χ2v) is 3.92. The number of aliphatic carboxylic acids is 1. The van der Waals surface area contributed by atoms with Crippen LogP contribution in [0.25, 0.3) is 5.69 Å². The van der Waals surface area contributed by atoms with Gasteiger partial charge in [0.15, 0.2) is 6.10 Å². The van der Waals surface area contributed by atoms with Crippen molar-refractivity contribution in [3.8, 4) is 5.69 Å². The van der Waals surface area contributed by atoms with Crippen LogP contribution in [0.1, 0.15) is 11.7 Å². The number of carbonyl (C=O) groups is 1. The quantitative estimate of drug-likeness (QED) is 0.748. The van der Waals surface area contributed by atoms with Crippen LogP contribution >= 0.6 is 0 Å². The highest BCUT2D eigenvalue weighted by Gasteiger charge is 2.26. The summed E-state index contributed by atoms with van der Waals surface area (Å²) < 4.78 is 14.1. The third-order valence-electron chi connectivity index (χ3n) is 2.59. The predicted molar refractivity (Wildman–Crippen MR) is 62.1 cm³/mol. The van der Waals surface area contributed by atoms with Crippen molar-refractivity contribution in [1.82, 2.24) is 9.78 Å². The maximum Gasteiger partial charge on any atom is 0.335 e. The van der Waals surface area contributed by atoms with Crippen molar-refractivity contribution in [3.63, 3.8) is 0 Å². The first-order chi connectivity index (χ1) is 8.99. The van der Waals surface area contributed by atoms with Crippen LogP contribution in [0.15, 0.2) is 36.7 Å². The third-order valence-corrected chi connectivity index (χ3v) is 2.59. The molecule has 0 radical (unpaired) electrons. The van der Waals surface area contributed by atoms with Crippen LogP contribution in [0.4, 0.5) is 4.39 Å². The minimum Gasteiger partial charge on any atom is -0.479 e. The summed E-state index contributed by atoms with van der Waals surface area (Å²) in [5.41, 5.74) is 0.698. The van der Waals surface area contributed by atoms with E-state index in [4.69, 9.17) is 5.11 Å². The molecule has 2 aromatic rings. The fraction of sp³-hybridized carbons (Fsp3) is 0.167. The molecule has 2 rings (SSSR count). The highest BCUT2D eigenvalue weighted by atomic mass is 19.1. The first kappa shape index (κ1) is 13.2. The molecule has 3 N–H and O–H groups in total. The number of carboxylic acid groups (broad SMARTS) is 1. The Labute approximate surface area is 107 Å². The lowest BCUT2D eigenvalue weighted by molar-refractivity contribution is -0.153. The molecule has 0 spiro atoms. The van der Waals surface area contributed by atoms with Gasteiger partial charge in [-0.25, -0.2) is 13.9 Å². The summed E-state index contributed by atoms with van der Waals surface area (Å²) in [6, 6.07) is 5.46. The molecule has 0 amide bonds. The number of hydrogen-bond acceptors (Lipinski definition) is 4. The normalized spacial score (nSPS) is 14.1. The number of halogens is 1. The first-order valence-electron chi connectivity index (χ1n) is 5.38. The average molecular weight is 266 g/mol. The number of carboxylic acids is 1. The Balaban J connectivity index is 2.24. The Bertz CT molecular complexity index is 582. The van der Waals surface area contributed by atoms with Gasteiger partial charge in [0.25, 0.3) is 0 Å². The summed E-state index contributed by atoms with van der Waals surface area (Å²) >= 11 is 0. The molecule has 2 atom stereocenters. The summed E-state index contributed by atoms with van der Waals surface area (Å²) in [7, 11) is 0. The molecule has 7 heteroatoms. The fourth-order valence-electron chi connectivity index (χ4n) is 1.54. The lowest BCUT2D eigenvalue weighted by Gasteiger charge is -2.11. The maximum atomic E-state index is 12.8. The Morgan fingerprint density at radius 3 is 2.47 bits per heavy atom. The van der Waals surface area contributed by atoms with Gasteiger partial charge in [0.05, 0.1) is 11.9 Å². The Morgan fingerprint density at radius 1 is 1.26 bits per heavy atom. The van der Waals surface area contributed by atoms with E-state index in [0.717, 1.165) is 0 Å². The van der Waals surface area contributed by atoms with Crippen LogP contribution in [0.5, 0.6) is 0 Å². The van der Waals surface area contributed by atoms with Crippen molar-refractivity contribution in [2.24, 2.45) is 0 Å². The minimum absolute atomic E-state index is 0.152. The van der Waals surface area contributed by atoms with Gasteiger partial charge in [-0.2, -0.15) is 5.10 Å². The van der Waals surface area contributed by atoms with E-state index < -0.39 is 24.0 Å². The molecule has 1 heterocycles. The molecule has 0 fully saturated rings. The smallest absolute Gasteiger partial charge is 0.335 e. The molecule has 100 valence electrons. The zero-order valence-corrected chi connectivity index (χ0v) is 9.64. The predicted octanol–water partition coefficient (Wildman–Crippen LogP) is 0.490. The SMILES string of the molecule is O=C(O)C(O)C(O)c1cnn(-c2ccc(F)cc2)c1.